The molecule has 0 N–H and O–H groups in total. The van der Waals surface area contributed by atoms with Crippen LogP contribution >= 0.6 is 0 Å². The van der Waals surface area contributed by atoms with E-state index in [0.717, 1.165) is 54.8 Å². The van der Waals surface area contributed by atoms with E-state index in [-0.39, 0.29) is 17.9 Å². The normalized spacial score (nSPS) is 23.6. The van der Waals surface area contributed by atoms with Crippen molar-refractivity contribution in [3.63, 3.8) is 0 Å². The molecular formula is C32H41N3O4. The Morgan fingerprint density at radius 2 is 1.56 bits per heavy atom. The molecule has 2 aromatic carbocycles. The maximum atomic E-state index is 14.5. The predicted molar refractivity (Wildman–Crippen MR) is 150 cm³/mol. The number of piperidine rings is 2. The standard InChI is InChI=1S/C32H41N3O4/c1-3-38-27-20-22-12-19-35-30(26(22)21-28(27)39-4-2)29(24-10-6-7-11-25(24)31(35)36)32(37)34-17-13-23(14-18-34)33-15-8-5-9-16-33/h6-7,10-11,20-21,23,29-30H,3-5,8-9,12-19H2,1-2H3/t29-,30+/m0/s1. The van der Waals surface area contributed by atoms with Gasteiger partial charge in [0.15, 0.2) is 11.5 Å². The molecule has 7 heteroatoms. The maximum Gasteiger partial charge on any atom is 0.254 e. The highest BCUT2D eigenvalue weighted by Crippen LogP contribution is 2.49. The van der Waals surface area contributed by atoms with Crippen LogP contribution in [0.25, 0.3) is 0 Å². The van der Waals surface area contributed by atoms with Crippen molar-refractivity contribution < 1.29 is 19.1 Å². The number of rotatable bonds is 6. The highest BCUT2D eigenvalue weighted by atomic mass is 16.5. The van der Waals surface area contributed by atoms with Crippen LogP contribution in [-0.4, -0.2) is 78.5 Å². The highest BCUT2D eigenvalue weighted by Gasteiger charge is 2.48. The molecule has 6 rings (SSSR count). The van der Waals surface area contributed by atoms with Gasteiger partial charge in [0.2, 0.25) is 5.91 Å². The smallest absolute Gasteiger partial charge is 0.254 e. The predicted octanol–water partition coefficient (Wildman–Crippen LogP) is 4.80. The molecule has 0 aliphatic carbocycles. The van der Waals surface area contributed by atoms with Crippen LogP contribution in [0.15, 0.2) is 36.4 Å². The van der Waals surface area contributed by atoms with E-state index < -0.39 is 5.92 Å². The fraction of sp³-hybridized carbons (Fsp3) is 0.562. The first-order chi connectivity index (χ1) is 19.1. The fourth-order valence-electron chi connectivity index (χ4n) is 7.27. The summed E-state index contributed by atoms with van der Waals surface area (Å²) in [6.45, 7) is 9.52. The number of hydrogen-bond donors (Lipinski definition) is 0. The Morgan fingerprint density at radius 1 is 0.872 bits per heavy atom. The average molecular weight is 532 g/mol. The number of carbonyl (C=O) groups is 2. The van der Waals surface area contributed by atoms with Crippen molar-refractivity contribution in [1.82, 2.24) is 14.7 Å². The van der Waals surface area contributed by atoms with Gasteiger partial charge in [0.25, 0.3) is 5.91 Å². The summed E-state index contributed by atoms with van der Waals surface area (Å²) in [5.74, 6) is 1.14. The van der Waals surface area contributed by atoms with Gasteiger partial charge in [-0.15, -0.1) is 0 Å². The molecule has 0 bridgehead atoms. The molecule has 2 atom stereocenters. The molecule has 2 amide bonds. The molecule has 2 fully saturated rings. The van der Waals surface area contributed by atoms with Gasteiger partial charge in [-0.3, -0.25) is 9.59 Å². The Morgan fingerprint density at radius 3 is 2.28 bits per heavy atom. The Balaban J connectivity index is 1.35. The number of benzene rings is 2. The Bertz CT molecular complexity index is 1220. The zero-order valence-corrected chi connectivity index (χ0v) is 23.4. The van der Waals surface area contributed by atoms with Crippen molar-refractivity contribution in [2.75, 3.05) is 45.9 Å². The highest BCUT2D eigenvalue weighted by molar-refractivity contribution is 6.01. The number of nitrogens with zero attached hydrogens (tertiary/aromatic N) is 3. The first-order valence-electron chi connectivity index (χ1n) is 15.0. The fourth-order valence-corrected chi connectivity index (χ4v) is 7.27. The minimum absolute atomic E-state index is 0.0148. The molecule has 2 aromatic rings. The summed E-state index contributed by atoms with van der Waals surface area (Å²) in [4.78, 5) is 34.9. The molecule has 0 saturated carbocycles. The zero-order valence-electron chi connectivity index (χ0n) is 23.4. The van der Waals surface area contributed by atoms with Crippen molar-refractivity contribution in [3.05, 3.63) is 58.7 Å². The van der Waals surface area contributed by atoms with Gasteiger partial charge in [-0.05, 0) is 93.9 Å². The molecule has 4 aliphatic rings. The third-order valence-corrected chi connectivity index (χ3v) is 9.13. The number of carbonyl (C=O) groups excluding carboxylic acids is 2. The van der Waals surface area contributed by atoms with Crippen LogP contribution in [-0.2, 0) is 11.2 Å². The van der Waals surface area contributed by atoms with Crippen LogP contribution in [0.5, 0.6) is 11.5 Å². The summed E-state index contributed by atoms with van der Waals surface area (Å²) in [5, 5.41) is 0. The zero-order chi connectivity index (χ0) is 26.9. The van der Waals surface area contributed by atoms with Crippen molar-refractivity contribution >= 4 is 11.8 Å². The Kier molecular flexibility index (Phi) is 7.52. The van der Waals surface area contributed by atoms with Crippen molar-refractivity contribution in [3.8, 4) is 11.5 Å². The third-order valence-electron chi connectivity index (χ3n) is 9.13. The molecule has 0 aromatic heterocycles. The quantitative estimate of drug-likeness (QED) is 0.536. The summed E-state index contributed by atoms with van der Waals surface area (Å²) in [6, 6.07) is 12.1. The van der Waals surface area contributed by atoms with E-state index >= 15 is 0 Å². The minimum Gasteiger partial charge on any atom is -0.490 e. The second-order valence-corrected chi connectivity index (χ2v) is 11.3. The molecule has 0 unspecified atom stereocenters. The van der Waals surface area contributed by atoms with Gasteiger partial charge < -0.3 is 24.2 Å². The lowest BCUT2D eigenvalue weighted by Crippen LogP contribution is -2.53. The van der Waals surface area contributed by atoms with E-state index in [2.05, 4.69) is 15.9 Å². The molecule has 0 radical (unpaired) electrons. The van der Waals surface area contributed by atoms with E-state index in [4.69, 9.17) is 9.47 Å². The third kappa shape index (κ3) is 4.79. The first kappa shape index (κ1) is 26.2. The molecular weight excluding hydrogens is 490 g/mol. The van der Waals surface area contributed by atoms with E-state index in [1.165, 1.54) is 32.4 Å². The summed E-state index contributed by atoms with van der Waals surface area (Å²) in [5.41, 5.74) is 3.66. The van der Waals surface area contributed by atoms with E-state index in [1.807, 2.05) is 49.1 Å². The molecule has 208 valence electrons. The number of hydrogen-bond acceptors (Lipinski definition) is 5. The summed E-state index contributed by atoms with van der Waals surface area (Å²) in [6.07, 6.45) is 6.69. The second-order valence-electron chi connectivity index (χ2n) is 11.3. The number of fused-ring (bicyclic) bond motifs is 4. The van der Waals surface area contributed by atoms with Gasteiger partial charge in [0, 0.05) is 31.2 Å². The lowest BCUT2D eigenvalue weighted by atomic mass is 9.75. The van der Waals surface area contributed by atoms with Crippen LogP contribution < -0.4 is 9.47 Å². The van der Waals surface area contributed by atoms with Crippen LogP contribution in [0, 0.1) is 0 Å². The SMILES string of the molecule is CCOc1cc2c(cc1OCC)[C@@H]1[C@@H](C(=O)N3CCC(N4CCCCC4)CC3)c3ccccc3C(=O)N1CC2. The van der Waals surface area contributed by atoms with Crippen molar-refractivity contribution in [2.45, 2.75) is 70.4 Å². The molecule has 2 saturated heterocycles. The summed E-state index contributed by atoms with van der Waals surface area (Å²) >= 11 is 0. The lowest BCUT2D eigenvalue weighted by Gasteiger charge is -2.47. The van der Waals surface area contributed by atoms with Gasteiger partial charge in [-0.2, -0.15) is 0 Å². The van der Waals surface area contributed by atoms with Gasteiger partial charge in [0.1, 0.15) is 0 Å². The van der Waals surface area contributed by atoms with E-state index in [1.54, 1.807) is 0 Å². The largest absolute Gasteiger partial charge is 0.490 e. The van der Waals surface area contributed by atoms with Crippen molar-refractivity contribution in [2.24, 2.45) is 0 Å². The topological polar surface area (TPSA) is 62.3 Å². The van der Waals surface area contributed by atoms with Crippen LogP contribution in [0.2, 0.25) is 0 Å². The van der Waals surface area contributed by atoms with Gasteiger partial charge >= 0.3 is 0 Å². The monoisotopic (exact) mass is 531 g/mol. The number of ether oxygens (including phenoxy) is 2. The van der Waals surface area contributed by atoms with E-state index in [9.17, 15) is 9.59 Å². The lowest BCUT2D eigenvalue weighted by molar-refractivity contribution is -0.136. The van der Waals surface area contributed by atoms with Gasteiger partial charge in [-0.1, -0.05) is 24.6 Å². The average Bonchev–Trinajstić information content (AvgIpc) is 2.98. The van der Waals surface area contributed by atoms with Gasteiger partial charge in [0.05, 0.1) is 25.2 Å². The molecule has 0 spiro atoms. The van der Waals surface area contributed by atoms with Crippen LogP contribution in [0.3, 0.4) is 0 Å². The minimum atomic E-state index is -0.433. The van der Waals surface area contributed by atoms with Gasteiger partial charge in [-0.25, -0.2) is 0 Å². The maximum absolute atomic E-state index is 14.5. The summed E-state index contributed by atoms with van der Waals surface area (Å²) < 4.78 is 11.9. The first-order valence-corrected chi connectivity index (χ1v) is 15.0. The van der Waals surface area contributed by atoms with Crippen molar-refractivity contribution in [1.29, 1.82) is 0 Å². The second kappa shape index (κ2) is 11.2. The molecule has 4 aliphatic heterocycles. The Labute approximate surface area is 232 Å². The number of amides is 2. The number of likely N-dealkylation sites (tertiary alicyclic amines) is 2. The molecule has 7 nitrogen and oxygen atoms in total. The van der Waals surface area contributed by atoms with Crippen LogP contribution in [0.1, 0.15) is 85.0 Å². The summed E-state index contributed by atoms with van der Waals surface area (Å²) in [7, 11) is 0. The van der Waals surface area contributed by atoms with Crippen LogP contribution in [0.4, 0.5) is 0 Å². The molecule has 4 heterocycles. The molecule has 39 heavy (non-hydrogen) atoms. The Hall–Kier alpha value is -3.06. The van der Waals surface area contributed by atoms with E-state index in [0.29, 0.717) is 37.1 Å².